The topological polar surface area (TPSA) is 28.7 Å². The lowest BCUT2D eigenvalue weighted by molar-refractivity contribution is 0.590. The fourth-order valence-corrected chi connectivity index (χ4v) is 2.00. The predicted molar refractivity (Wildman–Crippen MR) is 65.2 cm³/mol. The third-order valence-electron chi connectivity index (χ3n) is 2.87. The van der Waals surface area contributed by atoms with Gasteiger partial charge < -0.3 is 4.98 Å². The fraction of sp³-hybridized carbons (Fsp3) is 0.0714. The maximum atomic E-state index is 13.5. The van der Waals surface area contributed by atoms with Crippen LogP contribution in [0, 0.1) is 17.5 Å². The molecule has 1 aromatic heterocycles. The molecule has 3 aromatic rings. The summed E-state index contributed by atoms with van der Waals surface area (Å²) in [5, 5.41) is 0. The number of hydrogen-bond acceptors (Lipinski definition) is 1. The zero-order valence-corrected chi connectivity index (χ0v) is 9.75. The number of nitrogens with one attached hydrogen (secondary N) is 1. The first-order chi connectivity index (χ1) is 9.13. The molecule has 0 fully saturated rings. The third-order valence-corrected chi connectivity index (χ3v) is 2.87. The lowest BCUT2D eigenvalue weighted by atomic mass is 10.1. The number of aromatic amines is 1. The van der Waals surface area contributed by atoms with Crippen LogP contribution in [0.2, 0.25) is 0 Å². The van der Waals surface area contributed by atoms with Crippen LogP contribution in [0.5, 0.6) is 0 Å². The Hall–Kier alpha value is -2.30. The zero-order chi connectivity index (χ0) is 13.4. The van der Waals surface area contributed by atoms with Gasteiger partial charge in [0.2, 0.25) is 0 Å². The van der Waals surface area contributed by atoms with Crippen molar-refractivity contribution in [2.24, 2.45) is 0 Å². The normalized spacial score (nSPS) is 11.1. The minimum absolute atomic E-state index is 0.0627. The van der Waals surface area contributed by atoms with E-state index in [4.69, 9.17) is 0 Å². The highest BCUT2D eigenvalue weighted by molar-refractivity contribution is 5.75. The molecule has 3 rings (SSSR count). The summed E-state index contributed by atoms with van der Waals surface area (Å²) in [5.74, 6) is -1.36. The molecule has 19 heavy (non-hydrogen) atoms. The van der Waals surface area contributed by atoms with Crippen LogP contribution in [0.3, 0.4) is 0 Å². The van der Waals surface area contributed by atoms with Gasteiger partial charge in [0, 0.05) is 12.5 Å². The van der Waals surface area contributed by atoms with E-state index in [0.717, 1.165) is 12.1 Å². The monoisotopic (exact) mass is 262 g/mol. The maximum Gasteiger partial charge on any atom is 0.153 e. The van der Waals surface area contributed by atoms with Crippen LogP contribution in [0.15, 0.2) is 36.4 Å². The number of nitrogens with zero attached hydrogens (tertiary/aromatic N) is 1. The number of imidazole rings is 1. The summed E-state index contributed by atoms with van der Waals surface area (Å²) in [7, 11) is 0. The molecular weight excluding hydrogens is 253 g/mol. The molecule has 0 aliphatic rings. The summed E-state index contributed by atoms with van der Waals surface area (Å²) < 4.78 is 40.0. The van der Waals surface area contributed by atoms with E-state index in [1.807, 2.05) is 0 Å². The Balaban J connectivity index is 2.03. The summed E-state index contributed by atoms with van der Waals surface area (Å²) in [6.45, 7) is 0. The minimum atomic E-state index is -0.731. The van der Waals surface area contributed by atoms with E-state index in [9.17, 15) is 13.2 Å². The van der Waals surface area contributed by atoms with Gasteiger partial charge in [-0.1, -0.05) is 18.2 Å². The Bertz CT molecular complexity index is 750. The largest absolute Gasteiger partial charge is 0.342 e. The van der Waals surface area contributed by atoms with Crippen LogP contribution in [0.1, 0.15) is 11.4 Å². The smallest absolute Gasteiger partial charge is 0.153 e. The standard InChI is InChI=1S/C14H9F3N2/c15-9-6-11(17)14-12(7-9)18-13(19-14)5-8-3-1-2-4-10(8)16/h1-4,6-7H,5H2,(H,18,19). The van der Waals surface area contributed by atoms with Gasteiger partial charge in [-0.15, -0.1) is 0 Å². The first kappa shape index (κ1) is 11.8. The van der Waals surface area contributed by atoms with Crippen molar-refractivity contribution < 1.29 is 13.2 Å². The number of aromatic nitrogens is 2. The number of halogens is 3. The van der Waals surface area contributed by atoms with Crippen molar-refractivity contribution in [3.63, 3.8) is 0 Å². The van der Waals surface area contributed by atoms with Crippen LogP contribution in [0.25, 0.3) is 11.0 Å². The van der Waals surface area contributed by atoms with E-state index in [0.29, 0.717) is 11.4 Å². The molecule has 0 radical (unpaired) electrons. The average molecular weight is 262 g/mol. The van der Waals surface area contributed by atoms with Gasteiger partial charge in [-0.25, -0.2) is 18.2 Å². The second-order valence-electron chi connectivity index (χ2n) is 4.24. The van der Waals surface area contributed by atoms with Gasteiger partial charge in [0.15, 0.2) is 5.82 Å². The third kappa shape index (κ3) is 2.19. The number of hydrogen-bond donors (Lipinski definition) is 1. The lowest BCUT2D eigenvalue weighted by Gasteiger charge is -1.99. The fourth-order valence-electron chi connectivity index (χ4n) is 2.00. The Morgan fingerprint density at radius 3 is 2.58 bits per heavy atom. The highest BCUT2D eigenvalue weighted by Crippen LogP contribution is 2.19. The highest BCUT2D eigenvalue weighted by atomic mass is 19.1. The quantitative estimate of drug-likeness (QED) is 0.751. The van der Waals surface area contributed by atoms with Gasteiger partial charge in [-0.05, 0) is 17.7 Å². The van der Waals surface area contributed by atoms with Gasteiger partial charge in [0.05, 0.1) is 5.52 Å². The van der Waals surface area contributed by atoms with Crippen molar-refractivity contribution in [2.75, 3.05) is 0 Å². The molecule has 1 heterocycles. The van der Waals surface area contributed by atoms with Crippen molar-refractivity contribution >= 4 is 11.0 Å². The molecule has 0 bridgehead atoms. The molecule has 0 aliphatic heterocycles. The van der Waals surface area contributed by atoms with E-state index < -0.39 is 11.6 Å². The number of rotatable bonds is 2. The van der Waals surface area contributed by atoms with E-state index in [1.54, 1.807) is 18.2 Å². The van der Waals surface area contributed by atoms with E-state index >= 15 is 0 Å². The molecule has 5 heteroatoms. The van der Waals surface area contributed by atoms with E-state index in [2.05, 4.69) is 9.97 Å². The van der Waals surface area contributed by atoms with Gasteiger partial charge in [-0.2, -0.15) is 0 Å². The molecule has 0 amide bonds. The molecule has 0 aliphatic carbocycles. The van der Waals surface area contributed by atoms with Crippen molar-refractivity contribution in [3.05, 3.63) is 65.2 Å². The number of benzene rings is 2. The van der Waals surface area contributed by atoms with Crippen LogP contribution < -0.4 is 0 Å². The van der Waals surface area contributed by atoms with Crippen LogP contribution >= 0.6 is 0 Å². The Morgan fingerprint density at radius 2 is 1.79 bits per heavy atom. The maximum absolute atomic E-state index is 13.5. The van der Waals surface area contributed by atoms with E-state index in [-0.39, 0.29) is 23.3 Å². The molecule has 0 atom stereocenters. The van der Waals surface area contributed by atoms with Gasteiger partial charge in [0.1, 0.15) is 23.0 Å². The molecule has 0 unspecified atom stereocenters. The van der Waals surface area contributed by atoms with Crippen molar-refractivity contribution in [3.8, 4) is 0 Å². The lowest BCUT2D eigenvalue weighted by Crippen LogP contribution is -1.93. The van der Waals surface area contributed by atoms with Gasteiger partial charge >= 0.3 is 0 Å². The van der Waals surface area contributed by atoms with Gasteiger partial charge in [0.25, 0.3) is 0 Å². The second-order valence-corrected chi connectivity index (χ2v) is 4.24. The molecule has 96 valence electrons. The summed E-state index contributed by atoms with van der Waals surface area (Å²) in [4.78, 5) is 6.82. The van der Waals surface area contributed by atoms with Gasteiger partial charge in [-0.3, -0.25) is 0 Å². The first-order valence-corrected chi connectivity index (χ1v) is 5.70. The number of H-pyrrole nitrogens is 1. The molecular formula is C14H9F3N2. The summed E-state index contributed by atoms with van der Waals surface area (Å²) in [6, 6.07) is 8.21. The van der Waals surface area contributed by atoms with Crippen molar-refractivity contribution in [1.82, 2.24) is 9.97 Å². The Morgan fingerprint density at radius 1 is 1.00 bits per heavy atom. The SMILES string of the molecule is Fc1cc(F)c2nc(Cc3ccccc3F)[nH]c2c1. The van der Waals surface area contributed by atoms with Crippen molar-refractivity contribution in [2.45, 2.75) is 6.42 Å². The van der Waals surface area contributed by atoms with Crippen molar-refractivity contribution in [1.29, 1.82) is 0 Å². The molecule has 0 saturated carbocycles. The average Bonchev–Trinajstić information content (AvgIpc) is 2.75. The van der Waals surface area contributed by atoms with Crippen LogP contribution in [0.4, 0.5) is 13.2 Å². The molecule has 1 N–H and O–H groups in total. The zero-order valence-electron chi connectivity index (χ0n) is 9.75. The van der Waals surface area contributed by atoms with E-state index in [1.165, 1.54) is 6.07 Å². The molecule has 2 aromatic carbocycles. The molecule has 0 saturated heterocycles. The molecule has 2 nitrogen and oxygen atoms in total. The first-order valence-electron chi connectivity index (χ1n) is 5.70. The summed E-state index contributed by atoms with van der Waals surface area (Å²) in [6.07, 6.45) is 0.197. The van der Waals surface area contributed by atoms with Crippen LogP contribution in [-0.2, 0) is 6.42 Å². The summed E-state index contributed by atoms with van der Waals surface area (Å²) >= 11 is 0. The van der Waals surface area contributed by atoms with Crippen LogP contribution in [-0.4, -0.2) is 9.97 Å². The predicted octanol–water partition coefficient (Wildman–Crippen LogP) is 3.57. The Labute approximate surface area is 106 Å². The minimum Gasteiger partial charge on any atom is -0.342 e. The highest BCUT2D eigenvalue weighted by Gasteiger charge is 2.11. The Kier molecular flexibility index (Phi) is 2.74. The number of fused-ring (bicyclic) bond motifs is 1. The molecule has 0 spiro atoms. The second kappa shape index (κ2) is 4.42. The summed E-state index contributed by atoms with van der Waals surface area (Å²) in [5.41, 5.74) is 0.777.